The molecule has 0 spiro atoms. The van der Waals surface area contributed by atoms with E-state index in [9.17, 15) is 4.79 Å². The highest BCUT2D eigenvalue weighted by Gasteiger charge is 2.32. The van der Waals surface area contributed by atoms with E-state index in [4.69, 9.17) is 16.7 Å². The fourth-order valence-corrected chi connectivity index (χ4v) is 4.36. The highest BCUT2D eigenvalue weighted by Crippen LogP contribution is 2.47. The van der Waals surface area contributed by atoms with Crippen LogP contribution in [0.1, 0.15) is 43.2 Å². The second kappa shape index (κ2) is 5.78. The molecule has 0 aromatic heterocycles. The number of carboxylic acids is 1. The highest BCUT2D eigenvalue weighted by atomic mass is 127. The standard InChI is InChI=1S/C14H16ClIO2/c15-12-8-10(9-13(17)18)4-5-11(12)14(16)6-2-1-3-7-14/h4-5,8H,1-3,6-7,9H2,(H,17,18). The van der Waals surface area contributed by atoms with Gasteiger partial charge in [0, 0.05) is 8.44 Å². The zero-order valence-corrected chi connectivity index (χ0v) is 13.0. The van der Waals surface area contributed by atoms with Crippen molar-refractivity contribution in [3.05, 3.63) is 34.3 Å². The van der Waals surface area contributed by atoms with Crippen molar-refractivity contribution in [2.45, 2.75) is 41.9 Å². The van der Waals surface area contributed by atoms with Gasteiger partial charge in [0.15, 0.2) is 0 Å². The number of rotatable bonds is 3. The van der Waals surface area contributed by atoms with Crippen molar-refractivity contribution in [1.82, 2.24) is 0 Å². The summed E-state index contributed by atoms with van der Waals surface area (Å²) in [6.07, 6.45) is 6.15. The molecule has 0 unspecified atom stereocenters. The third-order valence-electron chi connectivity index (χ3n) is 3.52. The van der Waals surface area contributed by atoms with Gasteiger partial charge in [-0.3, -0.25) is 4.79 Å². The van der Waals surface area contributed by atoms with Crippen LogP contribution in [0.3, 0.4) is 0 Å². The average Bonchev–Trinajstić information content (AvgIpc) is 2.28. The summed E-state index contributed by atoms with van der Waals surface area (Å²) in [5, 5.41) is 9.49. The quantitative estimate of drug-likeness (QED) is 0.618. The van der Waals surface area contributed by atoms with Crippen LogP contribution in [0.5, 0.6) is 0 Å². The third kappa shape index (κ3) is 3.18. The van der Waals surface area contributed by atoms with E-state index in [1.165, 1.54) is 24.8 Å². The van der Waals surface area contributed by atoms with E-state index in [0.29, 0.717) is 5.02 Å². The zero-order valence-electron chi connectivity index (χ0n) is 10.1. The van der Waals surface area contributed by atoms with Crippen molar-refractivity contribution in [3.63, 3.8) is 0 Å². The molecule has 1 fully saturated rings. The van der Waals surface area contributed by atoms with Crippen molar-refractivity contribution in [2.24, 2.45) is 0 Å². The Morgan fingerprint density at radius 3 is 2.56 bits per heavy atom. The third-order valence-corrected chi connectivity index (χ3v) is 5.49. The van der Waals surface area contributed by atoms with Gasteiger partial charge >= 0.3 is 5.97 Å². The van der Waals surface area contributed by atoms with Gasteiger partial charge in [0.1, 0.15) is 0 Å². The molecule has 1 aliphatic rings. The van der Waals surface area contributed by atoms with Gasteiger partial charge in [-0.05, 0) is 30.0 Å². The Morgan fingerprint density at radius 2 is 2.00 bits per heavy atom. The molecule has 1 aromatic carbocycles. The number of carboxylic acid groups (broad SMARTS) is 1. The van der Waals surface area contributed by atoms with Crippen LogP contribution in [0, 0.1) is 0 Å². The lowest BCUT2D eigenvalue weighted by Crippen LogP contribution is -2.21. The monoisotopic (exact) mass is 378 g/mol. The van der Waals surface area contributed by atoms with E-state index in [1.54, 1.807) is 6.07 Å². The molecule has 2 nitrogen and oxygen atoms in total. The summed E-state index contributed by atoms with van der Waals surface area (Å²) in [7, 11) is 0. The number of hydrogen-bond donors (Lipinski definition) is 1. The number of halogens is 2. The molecule has 18 heavy (non-hydrogen) atoms. The van der Waals surface area contributed by atoms with Crippen LogP contribution in [-0.4, -0.2) is 11.1 Å². The fraction of sp³-hybridized carbons (Fsp3) is 0.500. The summed E-state index contributed by atoms with van der Waals surface area (Å²) >= 11 is 8.86. The maximum Gasteiger partial charge on any atom is 0.307 e. The van der Waals surface area contributed by atoms with Crippen molar-refractivity contribution in [3.8, 4) is 0 Å². The number of aliphatic carboxylic acids is 1. The molecular weight excluding hydrogens is 363 g/mol. The molecule has 0 saturated heterocycles. The predicted molar refractivity (Wildman–Crippen MR) is 81.6 cm³/mol. The van der Waals surface area contributed by atoms with E-state index >= 15 is 0 Å². The molecule has 1 saturated carbocycles. The van der Waals surface area contributed by atoms with Gasteiger partial charge < -0.3 is 5.11 Å². The Hall–Kier alpha value is -0.290. The van der Waals surface area contributed by atoms with Gasteiger partial charge in [0.25, 0.3) is 0 Å². The van der Waals surface area contributed by atoms with E-state index in [2.05, 4.69) is 22.6 Å². The lowest BCUT2D eigenvalue weighted by molar-refractivity contribution is -0.136. The molecule has 4 heteroatoms. The Bertz CT molecular complexity index is 453. The number of hydrogen-bond acceptors (Lipinski definition) is 1. The van der Waals surface area contributed by atoms with Crippen molar-refractivity contribution >= 4 is 40.2 Å². The summed E-state index contributed by atoms with van der Waals surface area (Å²) in [6, 6.07) is 5.71. The van der Waals surface area contributed by atoms with Gasteiger partial charge in [-0.2, -0.15) is 0 Å². The number of alkyl halides is 1. The molecule has 0 amide bonds. The summed E-state index contributed by atoms with van der Waals surface area (Å²) in [4.78, 5) is 10.7. The van der Waals surface area contributed by atoms with Gasteiger partial charge in [0.2, 0.25) is 0 Å². The van der Waals surface area contributed by atoms with Gasteiger partial charge in [-0.25, -0.2) is 0 Å². The minimum Gasteiger partial charge on any atom is -0.481 e. The minimum atomic E-state index is -0.819. The first-order chi connectivity index (χ1) is 8.51. The zero-order chi connectivity index (χ0) is 13.2. The maximum atomic E-state index is 10.7. The normalized spacial score (nSPS) is 18.6. The maximum absolute atomic E-state index is 10.7. The second-order valence-corrected chi connectivity index (χ2v) is 7.38. The summed E-state index contributed by atoms with van der Waals surface area (Å²) in [5.41, 5.74) is 1.94. The molecule has 0 heterocycles. The van der Waals surface area contributed by atoms with Gasteiger partial charge in [0.05, 0.1) is 6.42 Å². The van der Waals surface area contributed by atoms with Crippen LogP contribution < -0.4 is 0 Å². The molecule has 0 bridgehead atoms. The molecule has 0 aliphatic heterocycles. The van der Waals surface area contributed by atoms with Crippen LogP contribution in [0.15, 0.2) is 18.2 Å². The molecule has 1 aliphatic carbocycles. The van der Waals surface area contributed by atoms with Crippen molar-refractivity contribution in [1.29, 1.82) is 0 Å². The van der Waals surface area contributed by atoms with Crippen molar-refractivity contribution < 1.29 is 9.90 Å². The van der Waals surface area contributed by atoms with E-state index < -0.39 is 5.97 Å². The largest absolute Gasteiger partial charge is 0.481 e. The first-order valence-corrected chi connectivity index (χ1v) is 7.66. The molecule has 1 N–H and O–H groups in total. The smallest absolute Gasteiger partial charge is 0.307 e. The van der Waals surface area contributed by atoms with E-state index in [1.807, 2.05) is 12.1 Å². The van der Waals surface area contributed by atoms with E-state index in [0.717, 1.165) is 18.4 Å². The lowest BCUT2D eigenvalue weighted by atomic mass is 9.83. The fourth-order valence-electron chi connectivity index (χ4n) is 2.59. The summed E-state index contributed by atoms with van der Waals surface area (Å²) < 4.78 is 0.134. The first-order valence-electron chi connectivity index (χ1n) is 6.21. The molecule has 98 valence electrons. The summed E-state index contributed by atoms with van der Waals surface area (Å²) in [5.74, 6) is -0.819. The Kier molecular flexibility index (Phi) is 4.54. The molecule has 0 atom stereocenters. The van der Waals surface area contributed by atoms with Gasteiger partial charge in [-0.1, -0.05) is 65.6 Å². The van der Waals surface area contributed by atoms with Crippen LogP contribution in [0.25, 0.3) is 0 Å². The molecular formula is C14H16ClIO2. The van der Waals surface area contributed by atoms with Crippen LogP contribution >= 0.6 is 34.2 Å². The molecule has 0 radical (unpaired) electrons. The number of carbonyl (C=O) groups is 1. The van der Waals surface area contributed by atoms with Crippen LogP contribution in [0.2, 0.25) is 5.02 Å². The minimum absolute atomic E-state index is 0.0360. The Morgan fingerprint density at radius 1 is 1.33 bits per heavy atom. The van der Waals surface area contributed by atoms with Gasteiger partial charge in [-0.15, -0.1) is 0 Å². The topological polar surface area (TPSA) is 37.3 Å². The van der Waals surface area contributed by atoms with Crippen LogP contribution in [0.4, 0.5) is 0 Å². The van der Waals surface area contributed by atoms with Crippen LogP contribution in [-0.2, 0) is 14.6 Å². The first kappa shape index (κ1) is 14.1. The molecule has 2 rings (SSSR count). The second-order valence-electron chi connectivity index (χ2n) is 4.91. The number of benzene rings is 1. The predicted octanol–water partition coefficient (Wildman–Crippen LogP) is 4.56. The Balaban J connectivity index is 2.26. The average molecular weight is 379 g/mol. The SMILES string of the molecule is O=C(O)Cc1ccc(C2(I)CCCCC2)c(Cl)c1. The Labute approximate surface area is 126 Å². The van der Waals surface area contributed by atoms with E-state index in [-0.39, 0.29) is 9.84 Å². The van der Waals surface area contributed by atoms with Crippen molar-refractivity contribution in [2.75, 3.05) is 0 Å². The lowest BCUT2D eigenvalue weighted by Gasteiger charge is -2.33. The summed E-state index contributed by atoms with van der Waals surface area (Å²) in [6.45, 7) is 0. The molecule has 1 aromatic rings. The highest BCUT2D eigenvalue weighted by molar-refractivity contribution is 14.1.